The van der Waals surface area contributed by atoms with Crippen LogP contribution in [0.25, 0.3) is 0 Å². The number of aryl methyl sites for hydroxylation is 1. The van der Waals surface area contributed by atoms with Crippen LogP contribution in [-0.4, -0.2) is 36.2 Å². The van der Waals surface area contributed by atoms with Crippen molar-refractivity contribution in [2.75, 3.05) is 26.2 Å². The minimum Gasteiger partial charge on any atom is -0.505 e. The average molecular weight is 353 g/mol. The summed E-state index contributed by atoms with van der Waals surface area (Å²) in [6, 6.07) is 3.20. The quantitative estimate of drug-likeness (QED) is 0.867. The van der Waals surface area contributed by atoms with Gasteiger partial charge in [-0.2, -0.15) is 0 Å². The van der Waals surface area contributed by atoms with Crippen LogP contribution in [-0.2, 0) is 0 Å². The molecule has 0 amide bonds. The third-order valence-electron chi connectivity index (χ3n) is 4.01. The third-order valence-corrected chi connectivity index (χ3v) is 4.01. The normalized spacial score (nSPS) is 16.8. The lowest BCUT2D eigenvalue weighted by molar-refractivity contribution is 0.150. The number of benzene rings is 1. The van der Waals surface area contributed by atoms with Gasteiger partial charge in [-0.25, -0.2) is 4.39 Å². The number of piperazine rings is 1. The van der Waals surface area contributed by atoms with E-state index >= 15 is 0 Å². The summed E-state index contributed by atoms with van der Waals surface area (Å²) < 4.78 is 13.7. The van der Waals surface area contributed by atoms with Crippen LogP contribution in [0.1, 0.15) is 37.4 Å². The lowest BCUT2D eigenvalue weighted by atomic mass is 9.91. The maximum atomic E-state index is 13.7. The van der Waals surface area contributed by atoms with Crippen molar-refractivity contribution < 1.29 is 9.50 Å². The van der Waals surface area contributed by atoms with Gasteiger partial charge in [-0.05, 0) is 30.9 Å². The molecule has 1 atom stereocenters. The van der Waals surface area contributed by atoms with Crippen molar-refractivity contribution >= 4 is 24.8 Å². The lowest BCUT2D eigenvalue weighted by Crippen LogP contribution is -2.45. The van der Waals surface area contributed by atoms with Crippen molar-refractivity contribution in [3.63, 3.8) is 0 Å². The second kappa shape index (κ2) is 9.56. The van der Waals surface area contributed by atoms with Crippen LogP contribution in [0.4, 0.5) is 4.39 Å². The Morgan fingerprint density at radius 3 is 2.36 bits per heavy atom. The van der Waals surface area contributed by atoms with E-state index in [1.165, 1.54) is 6.07 Å². The zero-order valence-corrected chi connectivity index (χ0v) is 15.1. The molecule has 2 N–H and O–H groups in total. The summed E-state index contributed by atoms with van der Waals surface area (Å²) in [7, 11) is 0. The van der Waals surface area contributed by atoms with E-state index in [9.17, 15) is 9.50 Å². The topological polar surface area (TPSA) is 35.5 Å². The summed E-state index contributed by atoms with van der Waals surface area (Å²) in [4.78, 5) is 2.36. The van der Waals surface area contributed by atoms with E-state index in [2.05, 4.69) is 24.1 Å². The largest absolute Gasteiger partial charge is 0.505 e. The lowest BCUT2D eigenvalue weighted by Gasteiger charge is -2.37. The summed E-state index contributed by atoms with van der Waals surface area (Å²) in [5.41, 5.74) is 1.73. The summed E-state index contributed by atoms with van der Waals surface area (Å²) >= 11 is 0. The first-order valence-corrected chi connectivity index (χ1v) is 7.43. The maximum Gasteiger partial charge on any atom is 0.165 e. The minimum absolute atomic E-state index is 0. The number of nitrogens with one attached hydrogen (secondary N) is 1. The number of hydrogen-bond acceptors (Lipinski definition) is 3. The van der Waals surface area contributed by atoms with Gasteiger partial charge >= 0.3 is 0 Å². The van der Waals surface area contributed by atoms with Gasteiger partial charge in [0.1, 0.15) is 0 Å². The number of nitrogens with zero attached hydrogens (tertiary/aromatic N) is 1. The van der Waals surface area contributed by atoms with Crippen LogP contribution in [0, 0.1) is 18.7 Å². The summed E-state index contributed by atoms with van der Waals surface area (Å²) in [5, 5.41) is 13.5. The molecule has 128 valence electrons. The Labute approximate surface area is 145 Å². The van der Waals surface area contributed by atoms with Crippen molar-refractivity contribution in [2.24, 2.45) is 5.92 Å². The zero-order valence-electron chi connectivity index (χ0n) is 13.4. The second-order valence-corrected chi connectivity index (χ2v) is 6.06. The molecule has 0 bridgehead atoms. The summed E-state index contributed by atoms with van der Waals surface area (Å²) in [6.07, 6.45) is 0.928. The fraction of sp³-hybridized carbons (Fsp3) is 0.625. The summed E-state index contributed by atoms with van der Waals surface area (Å²) in [5.74, 6) is -0.194. The molecule has 0 aliphatic carbocycles. The van der Waals surface area contributed by atoms with E-state index in [0.717, 1.165) is 43.7 Å². The molecule has 1 fully saturated rings. The molecule has 1 aromatic rings. The van der Waals surface area contributed by atoms with Crippen molar-refractivity contribution in [1.82, 2.24) is 10.2 Å². The number of aromatic hydroxyl groups is 1. The van der Waals surface area contributed by atoms with Gasteiger partial charge in [0.05, 0.1) is 0 Å². The number of rotatable bonds is 4. The molecule has 2 rings (SSSR count). The van der Waals surface area contributed by atoms with Crippen molar-refractivity contribution in [2.45, 2.75) is 33.2 Å². The van der Waals surface area contributed by atoms with Crippen molar-refractivity contribution in [3.05, 3.63) is 29.1 Å². The number of phenolic OH excluding ortho intramolecular Hbond substituents is 1. The highest BCUT2D eigenvalue weighted by molar-refractivity contribution is 5.85. The molecule has 1 aliphatic rings. The number of phenols is 1. The van der Waals surface area contributed by atoms with Gasteiger partial charge in [0, 0.05) is 37.8 Å². The van der Waals surface area contributed by atoms with E-state index in [-0.39, 0.29) is 36.6 Å². The Morgan fingerprint density at radius 2 is 1.82 bits per heavy atom. The van der Waals surface area contributed by atoms with Gasteiger partial charge in [-0.3, -0.25) is 4.90 Å². The fourth-order valence-electron chi connectivity index (χ4n) is 2.99. The van der Waals surface area contributed by atoms with Crippen molar-refractivity contribution in [3.8, 4) is 5.75 Å². The number of halogens is 3. The molecule has 0 saturated carbocycles. The van der Waals surface area contributed by atoms with Crippen LogP contribution in [0.3, 0.4) is 0 Å². The SMILES string of the molecule is Cc1ccc(F)c(O)c1[C@H](CC(C)C)N1CCNCC1.Cl.Cl. The zero-order chi connectivity index (χ0) is 14.7. The molecule has 1 heterocycles. The van der Waals surface area contributed by atoms with Gasteiger partial charge in [-0.15, -0.1) is 24.8 Å². The Morgan fingerprint density at radius 1 is 1.23 bits per heavy atom. The molecule has 0 spiro atoms. The van der Waals surface area contributed by atoms with E-state index in [1.54, 1.807) is 6.07 Å². The van der Waals surface area contributed by atoms with Gasteiger partial charge < -0.3 is 10.4 Å². The van der Waals surface area contributed by atoms with Gasteiger partial charge in [-0.1, -0.05) is 19.9 Å². The van der Waals surface area contributed by atoms with Crippen LogP contribution in [0.15, 0.2) is 12.1 Å². The minimum atomic E-state index is -0.519. The molecule has 6 heteroatoms. The first-order chi connectivity index (χ1) is 9.50. The molecule has 3 nitrogen and oxygen atoms in total. The molecule has 1 saturated heterocycles. The van der Waals surface area contributed by atoms with Gasteiger partial charge in [0.25, 0.3) is 0 Å². The standard InChI is InChI=1S/C16H25FN2O.2ClH/c1-11(2)10-14(19-8-6-18-7-9-19)15-12(3)4-5-13(17)16(15)20;;/h4-5,11,14,18,20H,6-10H2,1-3H3;2*1H/t14-;;/m0../s1. The van der Waals surface area contributed by atoms with Crippen LogP contribution >= 0.6 is 24.8 Å². The van der Waals surface area contributed by atoms with Crippen molar-refractivity contribution in [1.29, 1.82) is 0 Å². The first kappa shape index (κ1) is 21.4. The van der Waals surface area contributed by atoms with Crippen LogP contribution < -0.4 is 5.32 Å². The van der Waals surface area contributed by atoms with E-state index in [1.807, 2.05) is 6.92 Å². The van der Waals surface area contributed by atoms with Crippen LogP contribution in [0.2, 0.25) is 0 Å². The highest BCUT2D eigenvalue weighted by Crippen LogP contribution is 2.37. The Bertz CT molecular complexity index is 466. The molecule has 0 unspecified atom stereocenters. The molecule has 1 aromatic carbocycles. The van der Waals surface area contributed by atoms with Crippen LogP contribution in [0.5, 0.6) is 5.75 Å². The predicted octanol–water partition coefficient (Wildman–Crippen LogP) is 3.68. The Kier molecular flexibility index (Phi) is 9.32. The highest BCUT2D eigenvalue weighted by atomic mass is 35.5. The number of hydrogen-bond donors (Lipinski definition) is 2. The molecular formula is C16H27Cl2FN2O. The molecule has 1 aliphatic heterocycles. The van der Waals surface area contributed by atoms with E-state index in [4.69, 9.17) is 0 Å². The fourth-order valence-corrected chi connectivity index (χ4v) is 2.99. The van der Waals surface area contributed by atoms with Gasteiger partial charge in [0.15, 0.2) is 11.6 Å². The van der Waals surface area contributed by atoms with E-state index < -0.39 is 5.82 Å². The molecule has 0 radical (unpaired) electrons. The van der Waals surface area contributed by atoms with E-state index in [0.29, 0.717) is 5.92 Å². The Hall–Kier alpha value is -0.550. The molecule has 0 aromatic heterocycles. The second-order valence-electron chi connectivity index (χ2n) is 6.06. The van der Waals surface area contributed by atoms with Gasteiger partial charge in [0.2, 0.25) is 0 Å². The highest BCUT2D eigenvalue weighted by Gasteiger charge is 2.27. The molecule has 22 heavy (non-hydrogen) atoms. The average Bonchev–Trinajstić information content (AvgIpc) is 2.43. The first-order valence-electron chi connectivity index (χ1n) is 7.43. The molecular weight excluding hydrogens is 326 g/mol. The monoisotopic (exact) mass is 352 g/mol. The third kappa shape index (κ3) is 4.98. The summed E-state index contributed by atoms with van der Waals surface area (Å²) in [6.45, 7) is 10.1. The Balaban J connectivity index is 0.00000220. The maximum absolute atomic E-state index is 13.7. The predicted molar refractivity (Wildman–Crippen MR) is 93.9 cm³/mol. The smallest absolute Gasteiger partial charge is 0.165 e.